The van der Waals surface area contributed by atoms with E-state index in [1.807, 2.05) is 0 Å². The monoisotopic (exact) mass is 580 g/mol. The summed E-state index contributed by atoms with van der Waals surface area (Å²) in [5.74, 6) is -0.207. The summed E-state index contributed by atoms with van der Waals surface area (Å²) in [5.41, 5.74) is 3.10. The minimum absolute atomic E-state index is 0.162. The van der Waals surface area contributed by atoms with E-state index in [0.29, 0.717) is 33.6 Å². The summed E-state index contributed by atoms with van der Waals surface area (Å²) < 4.78 is 60.4. The van der Waals surface area contributed by atoms with E-state index in [0.717, 1.165) is 0 Å². The number of carbonyl (C=O) groups excluding carboxylic acids is 1. The summed E-state index contributed by atoms with van der Waals surface area (Å²) in [7, 11) is -7.74. The molecule has 0 heterocycles. The first-order valence-electron chi connectivity index (χ1n) is 12.2. The number of carbonyl (C=O) groups is 1. The van der Waals surface area contributed by atoms with Gasteiger partial charge in [0, 0.05) is 11.4 Å². The number of benzene rings is 4. The molecule has 0 saturated carbocycles. The average Bonchev–Trinajstić information content (AvgIpc) is 2.88. The van der Waals surface area contributed by atoms with Crippen LogP contribution in [0.2, 0.25) is 0 Å². The van der Waals surface area contributed by atoms with Gasteiger partial charge < -0.3 is 19.0 Å². The molecule has 0 aliphatic heterocycles. The number of aryl methyl sites for hydroxylation is 2. The van der Waals surface area contributed by atoms with Gasteiger partial charge in [0.25, 0.3) is 0 Å². The van der Waals surface area contributed by atoms with Crippen molar-refractivity contribution in [1.29, 1.82) is 0 Å². The van der Waals surface area contributed by atoms with E-state index in [-0.39, 0.29) is 23.0 Å². The minimum Gasteiger partial charge on any atom is -0.382 e. The van der Waals surface area contributed by atoms with Crippen molar-refractivity contribution in [3.05, 3.63) is 119 Å². The molecule has 0 atom stereocenters. The number of anilines is 2. The van der Waals surface area contributed by atoms with Crippen LogP contribution in [0.4, 0.5) is 16.2 Å². The van der Waals surface area contributed by atoms with Crippen LogP contribution in [-0.2, 0) is 31.7 Å². The zero-order valence-electron chi connectivity index (χ0n) is 21.8. The highest BCUT2D eigenvalue weighted by atomic mass is 32.2. The maximum Gasteiger partial charge on any atom is 0.323 e. The van der Waals surface area contributed by atoms with Crippen LogP contribution >= 0.6 is 0 Å². The molecule has 0 radical (unpaired) electrons. The fraction of sp³-hybridized carbons (Fsp3) is 0.138. The van der Waals surface area contributed by atoms with Gasteiger partial charge in [0.1, 0.15) is 23.0 Å². The molecule has 40 heavy (non-hydrogen) atoms. The van der Waals surface area contributed by atoms with Crippen molar-refractivity contribution in [1.82, 2.24) is 0 Å². The summed E-state index contributed by atoms with van der Waals surface area (Å²) in [4.78, 5) is 12.6. The van der Waals surface area contributed by atoms with Crippen LogP contribution < -0.4 is 19.0 Å². The zero-order chi connectivity index (χ0) is 28.8. The molecule has 0 unspecified atom stereocenters. The van der Waals surface area contributed by atoms with Crippen LogP contribution in [0, 0.1) is 13.8 Å². The Balaban J connectivity index is 1.34. The third-order valence-electron chi connectivity index (χ3n) is 5.67. The number of rotatable bonds is 10. The third kappa shape index (κ3) is 8.32. The van der Waals surface area contributed by atoms with E-state index in [1.165, 1.54) is 24.3 Å². The Bertz CT molecular complexity index is 1580. The fourth-order valence-electron chi connectivity index (χ4n) is 3.82. The van der Waals surface area contributed by atoms with Crippen molar-refractivity contribution in [2.45, 2.75) is 25.4 Å². The molecule has 9 nitrogen and oxygen atoms in total. The summed E-state index contributed by atoms with van der Waals surface area (Å²) in [6.45, 7) is 3.34. The van der Waals surface area contributed by atoms with Crippen LogP contribution in [0.5, 0.6) is 11.5 Å². The smallest absolute Gasteiger partial charge is 0.323 e. The Labute approximate surface area is 234 Å². The number of hydrogen-bond acceptors (Lipinski definition) is 7. The van der Waals surface area contributed by atoms with Gasteiger partial charge in [0.2, 0.25) is 0 Å². The van der Waals surface area contributed by atoms with Gasteiger partial charge >= 0.3 is 26.3 Å². The lowest BCUT2D eigenvalue weighted by Gasteiger charge is -2.13. The van der Waals surface area contributed by atoms with E-state index >= 15 is 0 Å². The highest BCUT2D eigenvalue weighted by Gasteiger charge is 2.17. The quantitative estimate of drug-likeness (QED) is 0.228. The SMILES string of the molecule is Cc1cc(NC(=O)Nc2ccc(OS(=O)(=O)Cc3ccccc3)c(C)c2)ccc1OS(=O)(=O)Cc1ccccc1. The molecule has 11 heteroatoms. The van der Waals surface area contributed by atoms with Crippen molar-refractivity contribution in [2.75, 3.05) is 10.6 Å². The summed E-state index contributed by atoms with van der Waals surface area (Å²) in [5, 5.41) is 5.36. The number of nitrogens with one attached hydrogen (secondary N) is 2. The normalized spacial score (nSPS) is 11.4. The van der Waals surface area contributed by atoms with E-state index in [4.69, 9.17) is 8.37 Å². The van der Waals surface area contributed by atoms with Crippen LogP contribution in [0.15, 0.2) is 97.1 Å². The van der Waals surface area contributed by atoms with Gasteiger partial charge in [-0.2, -0.15) is 16.8 Å². The number of amides is 2. The molecule has 0 aliphatic rings. The molecular formula is C29H28N2O7S2. The number of urea groups is 1. The first-order chi connectivity index (χ1) is 19.0. The van der Waals surface area contributed by atoms with E-state index in [2.05, 4.69) is 10.6 Å². The Hall–Kier alpha value is -4.35. The lowest BCUT2D eigenvalue weighted by Crippen LogP contribution is -2.20. The highest BCUT2D eigenvalue weighted by molar-refractivity contribution is 7.86. The molecular weight excluding hydrogens is 552 g/mol. The van der Waals surface area contributed by atoms with Gasteiger partial charge in [0.05, 0.1) is 0 Å². The Morgan fingerprint density at radius 2 is 0.975 bits per heavy atom. The molecule has 4 aromatic rings. The third-order valence-corrected chi connectivity index (χ3v) is 7.91. The maximum atomic E-state index is 12.6. The van der Waals surface area contributed by atoms with Crippen molar-refractivity contribution in [3.8, 4) is 11.5 Å². The lowest BCUT2D eigenvalue weighted by atomic mass is 10.2. The lowest BCUT2D eigenvalue weighted by molar-refractivity contribution is 0.262. The second kappa shape index (κ2) is 12.2. The van der Waals surface area contributed by atoms with Crippen molar-refractivity contribution in [3.63, 3.8) is 0 Å². The van der Waals surface area contributed by atoms with Crippen LogP contribution in [0.25, 0.3) is 0 Å². The number of hydrogen-bond donors (Lipinski definition) is 2. The topological polar surface area (TPSA) is 128 Å². The predicted molar refractivity (Wildman–Crippen MR) is 154 cm³/mol. The molecule has 0 fully saturated rings. The standard InChI is InChI=1S/C29H28N2O7S2/c1-21-17-25(13-15-27(21)37-39(33,34)19-23-9-5-3-6-10-23)30-29(32)31-26-14-16-28(22(2)18-26)38-40(35,36)20-24-11-7-4-8-12-24/h3-18H,19-20H2,1-2H3,(H2,30,31,32). The van der Waals surface area contributed by atoms with E-state index in [9.17, 15) is 21.6 Å². The van der Waals surface area contributed by atoms with Crippen molar-refractivity contribution >= 4 is 37.6 Å². The average molecular weight is 581 g/mol. The molecule has 0 saturated heterocycles. The molecule has 4 aromatic carbocycles. The van der Waals surface area contributed by atoms with Gasteiger partial charge in [-0.05, 0) is 72.5 Å². The Morgan fingerprint density at radius 1 is 0.600 bits per heavy atom. The molecule has 2 amide bonds. The molecule has 208 valence electrons. The van der Waals surface area contributed by atoms with Gasteiger partial charge in [0.15, 0.2) is 0 Å². The first-order valence-corrected chi connectivity index (χ1v) is 15.3. The second-order valence-electron chi connectivity index (χ2n) is 9.08. The Morgan fingerprint density at radius 3 is 1.32 bits per heavy atom. The molecule has 4 rings (SSSR count). The van der Waals surface area contributed by atoms with E-state index in [1.54, 1.807) is 86.6 Å². The van der Waals surface area contributed by atoms with Gasteiger partial charge in [-0.25, -0.2) is 4.79 Å². The maximum absolute atomic E-state index is 12.6. The molecule has 0 spiro atoms. The van der Waals surface area contributed by atoms with Crippen molar-refractivity contribution < 1.29 is 30.0 Å². The second-order valence-corrected chi connectivity index (χ2v) is 12.2. The molecule has 0 aromatic heterocycles. The van der Waals surface area contributed by atoms with Gasteiger partial charge in [-0.15, -0.1) is 0 Å². The van der Waals surface area contributed by atoms with Crippen LogP contribution in [0.1, 0.15) is 22.3 Å². The molecule has 0 aliphatic carbocycles. The van der Waals surface area contributed by atoms with Gasteiger partial charge in [-0.1, -0.05) is 60.7 Å². The highest BCUT2D eigenvalue weighted by Crippen LogP contribution is 2.26. The fourth-order valence-corrected chi connectivity index (χ4v) is 6.06. The van der Waals surface area contributed by atoms with Crippen LogP contribution in [-0.4, -0.2) is 22.9 Å². The minimum atomic E-state index is -3.87. The Kier molecular flexibility index (Phi) is 8.76. The predicted octanol–water partition coefficient (Wildman–Crippen LogP) is 5.77. The largest absolute Gasteiger partial charge is 0.382 e. The first kappa shape index (κ1) is 28.7. The summed E-state index contributed by atoms with van der Waals surface area (Å²) in [6, 6.07) is 26.1. The van der Waals surface area contributed by atoms with E-state index < -0.39 is 26.3 Å². The summed E-state index contributed by atoms with van der Waals surface area (Å²) in [6.07, 6.45) is 0. The zero-order valence-corrected chi connectivity index (χ0v) is 23.5. The molecule has 2 N–H and O–H groups in total. The van der Waals surface area contributed by atoms with Crippen molar-refractivity contribution in [2.24, 2.45) is 0 Å². The summed E-state index contributed by atoms with van der Waals surface area (Å²) >= 11 is 0. The van der Waals surface area contributed by atoms with Crippen LogP contribution in [0.3, 0.4) is 0 Å². The van der Waals surface area contributed by atoms with Gasteiger partial charge in [-0.3, -0.25) is 0 Å². The molecule has 0 bridgehead atoms.